The summed E-state index contributed by atoms with van der Waals surface area (Å²) in [6.45, 7) is 2.91. The minimum absolute atomic E-state index is 0.0102. The zero-order chi connectivity index (χ0) is 14.9. The smallest absolute Gasteiger partial charge is 0.264 e. The number of hydrogen-bond acceptors (Lipinski definition) is 3. The van der Waals surface area contributed by atoms with E-state index in [1.54, 1.807) is 30.3 Å². The Balaban J connectivity index is 2.03. The molecule has 1 saturated heterocycles. The number of benzene rings is 2. The number of rotatable bonds is 5. The lowest BCUT2D eigenvalue weighted by molar-refractivity contribution is 0.412. The van der Waals surface area contributed by atoms with Gasteiger partial charge in [0.2, 0.25) is 0 Å². The highest BCUT2D eigenvalue weighted by molar-refractivity contribution is 7.92. The van der Waals surface area contributed by atoms with Crippen LogP contribution in [0.15, 0.2) is 59.5 Å². The first-order valence-corrected chi connectivity index (χ1v) is 8.27. The minimum atomic E-state index is -3.57. The first kappa shape index (κ1) is 14.1. The van der Waals surface area contributed by atoms with Crippen molar-refractivity contribution in [2.24, 2.45) is 0 Å². The summed E-state index contributed by atoms with van der Waals surface area (Å²) in [6, 6.07) is 16.0. The van der Waals surface area contributed by atoms with Crippen LogP contribution in [0.1, 0.15) is 5.56 Å². The van der Waals surface area contributed by atoms with E-state index >= 15 is 0 Å². The normalized spacial score (nSPS) is 17.5. The van der Waals surface area contributed by atoms with Gasteiger partial charge < -0.3 is 4.74 Å². The van der Waals surface area contributed by atoms with Gasteiger partial charge in [-0.25, -0.2) is 8.42 Å². The topological polar surface area (TPSA) is 49.9 Å². The molecule has 0 radical (unpaired) electrons. The fourth-order valence-corrected chi connectivity index (χ4v) is 3.71. The highest BCUT2D eigenvalue weighted by atomic mass is 32.2. The molecule has 2 aromatic carbocycles. The third-order valence-electron chi connectivity index (χ3n) is 3.39. The highest BCUT2D eigenvalue weighted by Gasteiger charge is 2.32. The third-order valence-corrected chi connectivity index (χ3v) is 5.20. The lowest BCUT2D eigenvalue weighted by Crippen LogP contribution is -2.34. The van der Waals surface area contributed by atoms with Crippen LogP contribution in [0.3, 0.4) is 0 Å². The van der Waals surface area contributed by atoms with Gasteiger partial charge in [0.15, 0.2) is 0 Å². The maximum atomic E-state index is 12.9. The van der Waals surface area contributed by atoms with E-state index in [1.165, 1.54) is 4.31 Å². The Bertz CT molecular complexity index is 724. The standard InChI is InChI=1S/C16H17NO3S/c1-13-6-5-7-14(10-13)17(11-15-12-20-15)21(18,19)16-8-3-2-4-9-16/h2-10,15H,11-12H2,1H3. The molecule has 2 aromatic rings. The molecule has 1 unspecified atom stereocenters. The van der Waals surface area contributed by atoms with Crippen LogP contribution in [-0.2, 0) is 14.8 Å². The van der Waals surface area contributed by atoms with Gasteiger partial charge >= 0.3 is 0 Å². The molecule has 0 spiro atoms. The molecule has 110 valence electrons. The summed E-state index contributed by atoms with van der Waals surface area (Å²) >= 11 is 0. The number of aryl methyl sites for hydroxylation is 1. The van der Waals surface area contributed by atoms with E-state index in [0.29, 0.717) is 23.7 Å². The molecule has 0 aromatic heterocycles. The van der Waals surface area contributed by atoms with E-state index in [0.717, 1.165) is 5.56 Å². The quantitative estimate of drug-likeness (QED) is 0.798. The summed E-state index contributed by atoms with van der Waals surface area (Å²) < 4.78 is 32.4. The van der Waals surface area contributed by atoms with Gasteiger partial charge in [0, 0.05) is 0 Å². The van der Waals surface area contributed by atoms with Crippen LogP contribution in [0.2, 0.25) is 0 Å². The number of nitrogens with zero attached hydrogens (tertiary/aromatic N) is 1. The van der Waals surface area contributed by atoms with Gasteiger partial charge in [0.25, 0.3) is 10.0 Å². The van der Waals surface area contributed by atoms with Gasteiger partial charge in [-0.2, -0.15) is 0 Å². The van der Waals surface area contributed by atoms with Crippen LogP contribution in [0, 0.1) is 6.92 Å². The summed E-state index contributed by atoms with van der Waals surface area (Å²) in [5.41, 5.74) is 1.70. The second-order valence-electron chi connectivity index (χ2n) is 5.14. The van der Waals surface area contributed by atoms with E-state index < -0.39 is 10.0 Å². The van der Waals surface area contributed by atoms with E-state index in [4.69, 9.17) is 4.74 Å². The molecule has 1 aliphatic heterocycles. The molecule has 0 bridgehead atoms. The number of ether oxygens (including phenoxy) is 1. The SMILES string of the molecule is Cc1cccc(N(CC2CO2)S(=O)(=O)c2ccccc2)c1. The van der Waals surface area contributed by atoms with Gasteiger partial charge in [-0.3, -0.25) is 4.31 Å². The molecule has 5 heteroatoms. The summed E-state index contributed by atoms with van der Waals surface area (Å²) in [4.78, 5) is 0.298. The molecule has 1 fully saturated rings. The summed E-state index contributed by atoms with van der Waals surface area (Å²) in [7, 11) is -3.57. The van der Waals surface area contributed by atoms with Crippen molar-refractivity contribution in [2.75, 3.05) is 17.5 Å². The van der Waals surface area contributed by atoms with Crippen molar-refractivity contribution in [3.63, 3.8) is 0 Å². The van der Waals surface area contributed by atoms with Crippen LogP contribution >= 0.6 is 0 Å². The second kappa shape index (κ2) is 5.50. The zero-order valence-corrected chi connectivity index (χ0v) is 12.6. The lowest BCUT2D eigenvalue weighted by Gasteiger charge is -2.24. The number of epoxide rings is 1. The Labute approximate surface area is 125 Å². The van der Waals surface area contributed by atoms with E-state index in [1.807, 2.05) is 31.2 Å². The summed E-state index contributed by atoms with van der Waals surface area (Å²) in [5, 5.41) is 0. The van der Waals surface area contributed by atoms with Crippen LogP contribution in [0.4, 0.5) is 5.69 Å². The lowest BCUT2D eigenvalue weighted by atomic mass is 10.2. The van der Waals surface area contributed by atoms with Crippen molar-refractivity contribution in [3.05, 3.63) is 60.2 Å². The van der Waals surface area contributed by atoms with Crippen LogP contribution < -0.4 is 4.31 Å². The average Bonchev–Trinajstić information content (AvgIpc) is 3.29. The molecular weight excluding hydrogens is 286 g/mol. The molecule has 0 N–H and O–H groups in total. The second-order valence-corrected chi connectivity index (χ2v) is 7.01. The number of anilines is 1. The van der Waals surface area contributed by atoms with Crippen LogP contribution in [-0.4, -0.2) is 27.7 Å². The van der Waals surface area contributed by atoms with Gasteiger partial charge in [-0.05, 0) is 36.8 Å². The summed E-state index contributed by atoms with van der Waals surface area (Å²) in [5.74, 6) is 0. The molecule has 0 aliphatic carbocycles. The molecular formula is C16H17NO3S. The molecule has 0 saturated carbocycles. The number of hydrogen-bond donors (Lipinski definition) is 0. The van der Waals surface area contributed by atoms with Crippen LogP contribution in [0.5, 0.6) is 0 Å². The van der Waals surface area contributed by atoms with Crippen LogP contribution in [0.25, 0.3) is 0 Å². The molecule has 4 nitrogen and oxygen atoms in total. The first-order chi connectivity index (χ1) is 10.1. The fourth-order valence-electron chi connectivity index (χ4n) is 2.20. The molecule has 1 aliphatic rings. The van der Waals surface area contributed by atoms with Crippen molar-refractivity contribution in [3.8, 4) is 0 Å². The maximum Gasteiger partial charge on any atom is 0.264 e. The average molecular weight is 303 g/mol. The highest BCUT2D eigenvalue weighted by Crippen LogP contribution is 2.27. The van der Waals surface area contributed by atoms with E-state index in [9.17, 15) is 8.42 Å². The minimum Gasteiger partial charge on any atom is -0.371 e. The Morgan fingerprint density at radius 3 is 2.48 bits per heavy atom. The van der Waals surface area contributed by atoms with Gasteiger partial charge in [0.1, 0.15) is 0 Å². The summed E-state index contributed by atoms with van der Waals surface area (Å²) in [6.07, 6.45) is -0.0102. The van der Waals surface area contributed by atoms with E-state index in [-0.39, 0.29) is 6.10 Å². The largest absolute Gasteiger partial charge is 0.371 e. The predicted molar refractivity (Wildman–Crippen MR) is 81.9 cm³/mol. The van der Waals surface area contributed by atoms with Crippen molar-refractivity contribution in [1.82, 2.24) is 0 Å². The Morgan fingerprint density at radius 1 is 1.14 bits per heavy atom. The van der Waals surface area contributed by atoms with Crippen molar-refractivity contribution in [1.29, 1.82) is 0 Å². The molecule has 0 amide bonds. The van der Waals surface area contributed by atoms with Gasteiger partial charge in [-0.1, -0.05) is 30.3 Å². The molecule has 3 rings (SSSR count). The van der Waals surface area contributed by atoms with Crippen molar-refractivity contribution in [2.45, 2.75) is 17.9 Å². The van der Waals surface area contributed by atoms with Crippen molar-refractivity contribution < 1.29 is 13.2 Å². The zero-order valence-electron chi connectivity index (χ0n) is 11.8. The first-order valence-electron chi connectivity index (χ1n) is 6.83. The maximum absolute atomic E-state index is 12.9. The Hall–Kier alpha value is -1.85. The van der Waals surface area contributed by atoms with E-state index in [2.05, 4.69) is 0 Å². The van der Waals surface area contributed by atoms with Gasteiger partial charge in [-0.15, -0.1) is 0 Å². The fraction of sp³-hybridized carbons (Fsp3) is 0.250. The predicted octanol–water partition coefficient (Wildman–Crippen LogP) is 2.59. The number of sulfonamides is 1. The Morgan fingerprint density at radius 2 is 1.86 bits per heavy atom. The third kappa shape index (κ3) is 3.09. The van der Waals surface area contributed by atoms with Gasteiger partial charge in [0.05, 0.1) is 29.8 Å². The monoisotopic (exact) mass is 303 g/mol. The Kier molecular flexibility index (Phi) is 3.69. The molecule has 1 atom stereocenters. The molecule has 21 heavy (non-hydrogen) atoms. The molecule has 1 heterocycles. The van der Waals surface area contributed by atoms with Crippen molar-refractivity contribution >= 4 is 15.7 Å².